The van der Waals surface area contributed by atoms with E-state index in [1.165, 1.54) is 4.90 Å². The summed E-state index contributed by atoms with van der Waals surface area (Å²) < 4.78 is 5.80. The molecule has 1 unspecified atom stereocenters. The van der Waals surface area contributed by atoms with Gasteiger partial charge in [0, 0.05) is 25.0 Å². The molecule has 140 valence electrons. The van der Waals surface area contributed by atoms with Crippen LogP contribution in [0.1, 0.15) is 12.5 Å². The Labute approximate surface area is 163 Å². The van der Waals surface area contributed by atoms with Gasteiger partial charge in [-0.05, 0) is 36.8 Å². The maximum Gasteiger partial charge on any atom is 0.332 e. The van der Waals surface area contributed by atoms with Crippen LogP contribution in [-0.2, 0) is 11.3 Å². The van der Waals surface area contributed by atoms with Gasteiger partial charge in [-0.1, -0.05) is 36.4 Å². The van der Waals surface area contributed by atoms with E-state index in [4.69, 9.17) is 4.74 Å². The molecule has 1 fully saturated rings. The van der Waals surface area contributed by atoms with Crippen LogP contribution in [0.25, 0.3) is 0 Å². The van der Waals surface area contributed by atoms with Gasteiger partial charge in [-0.3, -0.25) is 9.78 Å². The zero-order chi connectivity index (χ0) is 19.5. The third-order valence-electron chi connectivity index (χ3n) is 4.64. The van der Waals surface area contributed by atoms with Crippen molar-refractivity contribution >= 4 is 17.6 Å². The largest absolute Gasteiger partial charge is 0.457 e. The molecule has 1 atom stereocenters. The van der Waals surface area contributed by atoms with Gasteiger partial charge < -0.3 is 9.64 Å². The number of carbonyl (C=O) groups excluding carboxylic acids is 2. The second kappa shape index (κ2) is 7.52. The third kappa shape index (κ3) is 3.44. The Morgan fingerprint density at radius 2 is 1.68 bits per heavy atom. The number of imide groups is 1. The van der Waals surface area contributed by atoms with Crippen molar-refractivity contribution in [3.05, 3.63) is 84.7 Å². The molecule has 0 N–H and O–H groups in total. The summed E-state index contributed by atoms with van der Waals surface area (Å²) in [6.07, 6.45) is 3.27. The van der Waals surface area contributed by atoms with Gasteiger partial charge in [0.1, 0.15) is 17.5 Å². The third-order valence-corrected chi connectivity index (χ3v) is 4.64. The van der Waals surface area contributed by atoms with Crippen LogP contribution in [0.3, 0.4) is 0 Å². The highest BCUT2D eigenvalue weighted by Crippen LogP contribution is 2.30. The molecule has 2 aromatic carbocycles. The van der Waals surface area contributed by atoms with Crippen LogP contribution in [0.4, 0.5) is 10.5 Å². The number of aromatic nitrogens is 1. The quantitative estimate of drug-likeness (QED) is 0.628. The van der Waals surface area contributed by atoms with Gasteiger partial charge in [0.25, 0.3) is 5.91 Å². The smallest absolute Gasteiger partial charge is 0.332 e. The second-order valence-electron chi connectivity index (χ2n) is 6.53. The molecule has 28 heavy (non-hydrogen) atoms. The van der Waals surface area contributed by atoms with Crippen molar-refractivity contribution in [1.82, 2.24) is 9.88 Å². The lowest BCUT2D eigenvalue weighted by molar-refractivity contribution is -0.119. The molecule has 4 rings (SSSR count). The summed E-state index contributed by atoms with van der Waals surface area (Å²) in [5, 5.41) is 0. The number of carbonyl (C=O) groups is 2. The molecule has 6 heteroatoms. The second-order valence-corrected chi connectivity index (χ2v) is 6.53. The summed E-state index contributed by atoms with van der Waals surface area (Å²) in [5.74, 6) is 0.922. The molecule has 3 amide bonds. The summed E-state index contributed by atoms with van der Waals surface area (Å²) in [5.41, 5.74) is 1.47. The van der Waals surface area contributed by atoms with Crippen LogP contribution >= 0.6 is 0 Å². The topological polar surface area (TPSA) is 62.7 Å². The minimum absolute atomic E-state index is 0.248. The molecule has 3 aromatic rings. The Balaban J connectivity index is 1.57. The molecule has 0 bridgehead atoms. The minimum atomic E-state index is -0.530. The maximum atomic E-state index is 13.0. The molecule has 0 spiro atoms. The number of benzene rings is 2. The van der Waals surface area contributed by atoms with Crippen molar-refractivity contribution in [2.75, 3.05) is 4.90 Å². The van der Waals surface area contributed by atoms with Crippen molar-refractivity contribution in [2.24, 2.45) is 0 Å². The van der Waals surface area contributed by atoms with Crippen LogP contribution in [0.2, 0.25) is 0 Å². The van der Waals surface area contributed by atoms with E-state index >= 15 is 0 Å². The van der Waals surface area contributed by atoms with E-state index in [2.05, 4.69) is 4.98 Å². The van der Waals surface area contributed by atoms with E-state index in [0.717, 1.165) is 5.56 Å². The SMILES string of the molecule is CC1C(=O)N(c2cccc(Oc3ccncc3)c2)C(=O)N1Cc1ccccc1. The zero-order valence-corrected chi connectivity index (χ0v) is 15.4. The van der Waals surface area contributed by atoms with Crippen LogP contribution in [0, 0.1) is 0 Å². The molecule has 1 aliphatic rings. The lowest BCUT2D eigenvalue weighted by Crippen LogP contribution is -2.33. The summed E-state index contributed by atoms with van der Waals surface area (Å²) in [4.78, 5) is 32.5. The molecule has 1 saturated heterocycles. The standard InChI is InChI=1S/C22H19N3O3/c1-16-21(26)25(22(27)24(16)15-17-6-3-2-4-7-17)18-8-5-9-20(14-18)28-19-10-12-23-13-11-19/h2-14,16H,15H2,1H3. The van der Waals surface area contributed by atoms with Gasteiger partial charge in [-0.2, -0.15) is 0 Å². The van der Waals surface area contributed by atoms with Gasteiger partial charge in [-0.15, -0.1) is 0 Å². The Bertz CT molecular complexity index is 992. The fourth-order valence-corrected chi connectivity index (χ4v) is 3.16. The number of anilines is 1. The van der Waals surface area contributed by atoms with Crippen molar-refractivity contribution in [3.63, 3.8) is 0 Å². The average Bonchev–Trinajstić information content (AvgIpc) is 2.93. The molecule has 0 saturated carbocycles. The number of urea groups is 1. The number of ether oxygens (including phenoxy) is 1. The molecule has 0 radical (unpaired) electrons. The van der Waals surface area contributed by atoms with E-state index < -0.39 is 6.04 Å². The minimum Gasteiger partial charge on any atom is -0.457 e. The number of nitrogens with zero attached hydrogens (tertiary/aromatic N) is 3. The molecular formula is C22H19N3O3. The van der Waals surface area contributed by atoms with Crippen molar-refractivity contribution in [1.29, 1.82) is 0 Å². The molecule has 1 aliphatic heterocycles. The molecular weight excluding hydrogens is 354 g/mol. The first-order chi connectivity index (χ1) is 13.6. The predicted molar refractivity (Wildman–Crippen MR) is 105 cm³/mol. The van der Waals surface area contributed by atoms with Gasteiger partial charge in [0.15, 0.2) is 0 Å². The van der Waals surface area contributed by atoms with Gasteiger partial charge in [0.05, 0.1) is 5.69 Å². The summed E-state index contributed by atoms with van der Waals surface area (Å²) in [6, 6.07) is 19.2. The van der Waals surface area contributed by atoms with E-state index in [9.17, 15) is 9.59 Å². The van der Waals surface area contributed by atoms with Crippen molar-refractivity contribution < 1.29 is 14.3 Å². The van der Waals surface area contributed by atoms with Crippen molar-refractivity contribution in [3.8, 4) is 11.5 Å². The number of hydrogen-bond acceptors (Lipinski definition) is 4. The van der Waals surface area contributed by atoms with Crippen LogP contribution in [0.5, 0.6) is 11.5 Å². The van der Waals surface area contributed by atoms with Gasteiger partial charge in [0.2, 0.25) is 0 Å². The first-order valence-electron chi connectivity index (χ1n) is 9.00. The normalized spacial score (nSPS) is 16.5. The van der Waals surface area contributed by atoms with Gasteiger partial charge >= 0.3 is 6.03 Å². The first-order valence-corrected chi connectivity index (χ1v) is 9.00. The van der Waals surface area contributed by atoms with E-state index in [1.807, 2.05) is 30.3 Å². The number of amides is 3. The fraction of sp³-hybridized carbons (Fsp3) is 0.136. The highest BCUT2D eigenvalue weighted by molar-refractivity contribution is 6.21. The predicted octanol–water partition coefficient (Wildman–Crippen LogP) is 4.23. The van der Waals surface area contributed by atoms with Gasteiger partial charge in [-0.25, -0.2) is 9.69 Å². The highest BCUT2D eigenvalue weighted by atomic mass is 16.5. The van der Waals surface area contributed by atoms with E-state index in [1.54, 1.807) is 60.6 Å². The van der Waals surface area contributed by atoms with Crippen LogP contribution in [-0.4, -0.2) is 27.9 Å². The maximum absolute atomic E-state index is 13.0. The monoisotopic (exact) mass is 373 g/mol. The Morgan fingerprint density at radius 1 is 0.929 bits per heavy atom. The van der Waals surface area contributed by atoms with Crippen LogP contribution in [0.15, 0.2) is 79.1 Å². The van der Waals surface area contributed by atoms with Crippen molar-refractivity contribution in [2.45, 2.75) is 19.5 Å². The summed E-state index contributed by atoms with van der Waals surface area (Å²) >= 11 is 0. The van der Waals surface area contributed by atoms with Crippen LogP contribution < -0.4 is 9.64 Å². The zero-order valence-electron chi connectivity index (χ0n) is 15.4. The Hall–Kier alpha value is -3.67. The lowest BCUT2D eigenvalue weighted by atomic mass is 10.2. The number of pyridine rings is 1. The first kappa shape index (κ1) is 17.7. The Kier molecular flexibility index (Phi) is 4.76. The number of hydrogen-bond donors (Lipinski definition) is 0. The average molecular weight is 373 g/mol. The fourth-order valence-electron chi connectivity index (χ4n) is 3.16. The van der Waals surface area contributed by atoms with E-state index in [-0.39, 0.29) is 11.9 Å². The molecule has 1 aromatic heterocycles. The highest BCUT2D eigenvalue weighted by Gasteiger charge is 2.43. The molecule has 2 heterocycles. The lowest BCUT2D eigenvalue weighted by Gasteiger charge is -2.19. The van der Waals surface area contributed by atoms with E-state index in [0.29, 0.717) is 23.7 Å². The molecule has 6 nitrogen and oxygen atoms in total. The number of rotatable bonds is 5. The summed E-state index contributed by atoms with van der Waals surface area (Å²) in [6.45, 7) is 2.14. The Morgan fingerprint density at radius 3 is 2.43 bits per heavy atom. The molecule has 0 aliphatic carbocycles. The summed E-state index contributed by atoms with van der Waals surface area (Å²) in [7, 11) is 0.